The van der Waals surface area contributed by atoms with Crippen molar-refractivity contribution >= 4 is 16.8 Å². The van der Waals surface area contributed by atoms with Crippen molar-refractivity contribution in [3.05, 3.63) is 72.3 Å². The first kappa shape index (κ1) is 25.6. The lowest BCUT2D eigenvalue weighted by molar-refractivity contribution is 0.0357. The van der Waals surface area contributed by atoms with Crippen LogP contribution in [-0.2, 0) is 11.3 Å². The lowest BCUT2D eigenvalue weighted by Gasteiger charge is -2.34. The van der Waals surface area contributed by atoms with Gasteiger partial charge in [0.1, 0.15) is 5.75 Å². The van der Waals surface area contributed by atoms with Crippen LogP contribution in [0.4, 0.5) is 0 Å². The fourth-order valence-electron chi connectivity index (χ4n) is 5.43. The predicted molar refractivity (Wildman–Crippen MR) is 149 cm³/mol. The summed E-state index contributed by atoms with van der Waals surface area (Å²) in [6.45, 7) is 9.00. The molecule has 1 N–H and O–H groups in total. The Kier molecular flexibility index (Phi) is 7.90. The van der Waals surface area contributed by atoms with Crippen LogP contribution < -0.4 is 4.74 Å². The third-order valence-corrected chi connectivity index (χ3v) is 7.62. The summed E-state index contributed by atoms with van der Waals surface area (Å²) in [6.07, 6.45) is 4.40. The molecule has 0 aliphatic carbocycles. The zero-order chi connectivity index (χ0) is 26.4. The van der Waals surface area contributed by atoms with Crippen LogP contribution >= 0.6 is 0 Å². The molecule has 9 nitrogen and oxygen atoms in total. The van der Waals surface area contributed by atoms with Crippen molar-refractivity contribution < 1.29 is 18.7 Å². The Morgan fingerprint density at radius 3 is 2.67 bits per heavy atom. The highest BCUT2D eigenvalue weighted by Gasteiger charge is 2.24. The first-order valence-corrected chi connectivity index (χ1v) is 13.8. The van der Waals surface area contributed by atoms with Gasteiger partial charge in [-0.3, -0.25) is 19.7 Å². The van der Waals surface area contributed by atoms with E-state index in [9.17, 15) is 4.79 Å². The molecule has 0 spiro atoms. The Labute approximate surface area is 228 Å². The maximum absolute atomic E-state index is 12.7. The Morgan fingerprint density at radius 2 is 1.85 bits per heavy atom. The molecule has 2 aromatic heterocycles. The molecule has 2 aromatic carbocycles. The summed E-state index contributed by atoms with van der Waals surface area (Å²) >= 11 is 0. The minimum atomic E-state index is -0.0425. The molecular formula is C30H35N5O4. The zero-order valence-corrected chi connectivity index (χ0v) is 22.2. The van der Waals surface area contributed by atoms with Gasteiger partial charge in [0.2, 0.25) is 0 Å². The Bertz CT molecular complexity index is 1370. The molecule has 9 heteroatoms. The van der Waals surface area contributed by atoms with E-state index in [1.54, 1.807) is 18.4 Å². The van der Waals surface area contributed by atoms with E-state index in [1.165, 1.54) is 0 Å². The third-order valence-electron chi connectivity index (χ3n) is 7.62. The molecule has 1 amide bonds. The molecule has 6 rings (SSSR count). The second kappa shape index (κ2) is 12.0. The predicted octanol–water partition coefficient (Wildman–Crippen LogP) is 3.88. The highest BCUT2D eigenvalue weighted by Crippen LogP contribution is 2.32. The van der Waals surface area contributed by atoms with E-state index in [-0.39, 0.29) is 5.91 Å². The number of aromatic amines is 1. The van der Waals surface area contributed by atoms with Crippen molar-refractivity contribution in [2.45, 2.75) is 13.0 Å². The number of furan rings is 1. The Morgan fingerprint density at radius 1 is 0.974 bits per heavy atom. The first-order valence-electron chi connectivity index (χ1n) is 13.8. The highest BCUT2D eigenvalue weighted by molar-refractivity contribution is 5.94. The van der Waals surface area contributed by atoms with Crippen LogP contribution in [-0.4, -0.2) is 96.4 Å². The van der Waals surface area contributed by atoms with E-state index >= 15 is 0 Å². The molecule has 39 heavy (non-hydrogen) atoms. The largest absolute Gasteiger partial charge is 0.493 e. The number of benzene rings is 2. The second-order valence-electron chi connectivity index (χ2n) is 10.2. The molecule has 4 aromatic rings. The van der Waals surface area contributed by atoms with Gasteiger partial charge in [-0.15, -0.1) is 0 Å². The highest BCUT2D eigenvalue weighted by atomic mass is 16.5. The van der Waals surface area contributed by atoms with E-state index in [1.807, 2.05) is 17.2 Å². The molecule has 2 fully saturated rings. The number of piperazine rings is 1. The minimum absolute atomic E-state index is 0.0425. The van der Waals surface area contributed by atoms with Gasteiger partial charge in [0.25, 0.3) is 5.91 Å². The lowest BCUT2D eigenvalue weighted by atomic mass is 9.99. The van der Waals surface area contributed by atoms with Crippen LogP contribution in [0, 0.1) is 0 Å². The Balaban J connectivity index is 1.15. The number of H-pyrrole nitrogens is 1. The van der Waals surface area contributed by atoms with E-state index < -0.39 is 0 Å². The van der Waals surface area contributed by atoms with Gasteiger partial charge >= 0.3 is 0 Å². The summed E-state index contributed by atoms with van der Waals surface area (Å²) < 4.78 is 17.1. The first-order chi connectivity index (χ1) is 19.2. The van der Waals surface area contributed by atoms with Crippen molar-refractivity contribution in [1.29, 1.82) is 0 Å². The summed E-state index contributed by atoms with van der Waals surface area (Å²) in [5, 5.41) is 8.42. The number of hydrogen-bond acceptors (Lipinski definition) is 7. The zero-order valence-electron chi connectivity index (χ0n) is 22.2. The van der Waals surface area contributed by atoms with Gasteiger partial charge in [-0.25, -0.2) is 0 Å². The van der Waals surface area contributed by atoms with E-state index in [0.717, 1.165) is 92.2 Å². The van der Waals surface area contributed by atoms with Crippen LogP contribution in [0.5, 0.6) is 5.75 Å². The van der Waals surface area contributed by atoms with Gasteiger partial charge < -0.3 is 18.8 Å². The van der Waals surface area contributed by atoms with Crippen molar-refractivity contribution in [2.75, 3.05) is 65.6 Å². The van der Waals surface area contributed by atoms with Crippen molar-refractivity contribution in [2.24, 2.45) is 0 Å². The number of fused-ring (bicyclic) bond motifs is 1. The maximum atomic E-state index is 12.7. The Hall–Kier alpha value is -3.66. The average molecular weight is 530 g/mol. The van der Waals surface area contributed by atoms with Gasteiger partial charge in [-0.2, -0.15) is 5.10 Å². The smallest absolute Gasteiger partial charge is 0.289 e. The number of morpholine rings is 1. The molecule has 2 saturated heterocycles. The number of nitrogens with zero attached hydrogens (tertiary/aromatic N) is 4. The number of nitrogens with one attached hydrogen (secondary N) is 1. The molecule has 0 radical (unpaired) electrons. The standard InChI is InChI=1S/C30H35N5O4/c36-30(29-6-2-16-39-29)35-12-10-34(11-13-35)22-24-20-23(25-4-1-5-27-26(25)21-31-32-27)7-8-28(24)38-17-3-9-33-14-18-37-19-15-33/h1-2,4-8,16,20-21H,3,9-15,17-19,22H2,(H,31,32). The SMILES string of the molecule is O=C(c1ccco1)N1CCN(Cc2cc(-c3cccc4[nH]ncc34)ccc2OCCCN2CCOCC2)CC1. The molecule has 0 saturated carbocycles. The average Bonchev–Trinajstić information content (AvgIpc) is 3.69. The summed E-state index contributed by atoms with van der Waals surface area (Å²) in [4.78, 5) is 19.4. The van der Waals surface area contributed by atoms with Crippen LogP contribution in [0.15, 0.2) is 65.4 Å². The number of carbonyl (C=O) groups is 1. The fourth-order valence-corrected chi connectivity index (χ4v) is 5.43. The summed E-state index contributed by atoms with van der Waals surface area (Å²) in [7, 11) is 0. The molecule has 0 bridgehead atoms. The van der Waals surface area contributed by atoms with Gasteiger partial charge in [0.15, 0.2) is 5.76 Å². The monoisotopic (exact) mass is 529 g/mol. The summed E-state index contributed by atoms with van der Waals surface area (Å²) in [5.74, 6) is 1.28. The molecular weight excluding hydrogens is 494 g/mol. The molecule has 4 heterocycles. The topological polar surface area (TPSA) is 87.1 Å². The van der Waals surface area contributed by atoms with Crippen molar-refractivity contribution in [1.82, 2.24) is 24.9 Å². The van der Waals surface area contributed by atoms with E-state index in [4.69, 9.17) is 13.9 Å². The molecule has 204 valence electrons. The quantitative estimate of drug-likeness (QED) is 0.329. The van der Waals surface area contributed by atoms with Crippen molar-refractivity contribution in [3.8, 4) is 16.9 Å². The number of rotatable bonds is 9. The van der Waals surface area contributed by atoms with Crippen molar-refractivity contribution in [3.63, 3.8) is 0 Å². The minimum Gasteiger partial charge on any atom is -0.493 e. The third kappa shape index (κ3) is 6.00. The van der Waals surface area contributed by atoms with Gasteiger partial charge in [0.05, 0.1) is 37.8 Å². The van der Waals surface area contributed by atoms with Gasteiger partial charge in [0, 0.05) is 63.3 Å². The van der Waals surface area contributed by atoms with Gasteiger partial charge in [-0.1, -0.05) is 18.2 Å². The number of aromatic nitrogens is 2. The van der Waals surface area contributed by atoms with Crippen LogP contribution in [0.1, 0.15) is 22.5 Å². The molecule has 2 aliphatic heterocycles. The second-order valence-corrected chi connectivity index (χ2v) is 10.2. The normalized spacial score (nSPS) is 17.1. The number of carbonyl (C=O) groups excluding carboxylic acids is 1. The fraction of sp³-hybridized carbons (Fsp3) is 0.400. The van der Waals surface area contributed by atoms with E-state index in [2.05, 4.69) is 50.3 Å². The van der Waals surface area contributed by atoms with E-state index in [0.29, 0.717) is 25.5 Å². The molecule has 0 unspecified atom stereocenters. The summed E-state index contributed by atoms with van der Waals surface area (Å²) in [5.41, 5.74) is 4.47. The number of ether oxygens (including phenoxy) is 2. The number of hydrogen-bond donors (Lipinski definition) is 1. The molecule has 2 aliphatic rings. The van der Waals surface area contributed by atoms with Gasteiger partial charge in [-0.05, 0) is 47.9 Å². The van der Waals surface area contributed by atoms with Crippen LogP contribution in [0.3, 0.4) is 0 Å². The maximum Gasteiger partial charge on any atom is 0.289 e. The lowest BCUT2D eigenvalue weighted by Crippen LogP contribution is -2.48. The number of amides is 1. The van der Waals surface area contributed by atoms with Crippen LogP contribution in [0.25, 0.3) is 22.0 Å². The van der Waals surface area contributed by atoms with Crippen LogP contribution in [0.2, 0.25) is 0 Å². The molecule has 0 atom stereocenters. The summed E-state index contributed by atoms with van der Waals surface area (Å²) in [6, 6.07) is 16.2.